The van der Waals surface area contributed by atoms with Gasteiger partial charge in [-0.15, -0.1) is 0 Å². The van der Waals surface area contributed by atoms with Crippen molar-refractivity contribution in [2.75, 3.05) is 5.32 Å². The molecule has 0 aliphatic heterocycles. The van der Waals surface area contributed by atoms with E-state index in [4.69, 9.17) is 39.2 Å². The number of nitro groups is 1. The molecule has 0 atom stereocenters. The van der Waals surface area contributed by atoms with Crippen molar-refractivity contribution in [2.45, 2.75) is 0 Å². The number of amides is 1. The number of non-ortho nitro benzene ring substituents is 1. The molecule has 1 amide bonds. The molecule has 4 aromatic rings. The molecule has 0 aliphatic rings. The molecule has 0 saturated carbocycles. The second-order valence-corrected chi connectivity index (χ2v) is 7.37. The van der Waals surface area contributed by atoms with Gasteiger partial charge in [0.15, 0.2) is 5.58 Å². The standard InChI is InChI=1S/C20H10Cl3N3O4/c21-14-6-5-11(26(28)29)9-13(14)19(27)24-10-4-7-17-16(8-10)25-20(30-17)12-2-1-3-15(22)18(12)23/h1-9H,(H,24,27). The highest BCUT2D eigenvalue weighted by Gasteiger charge is 2.17. The van der Waals surface area contributed by atoms with Crippen LogP contribution in [-0.2, 0) is 0 Å². The summed E-state index contributed by atoms with van der Waals surface area (Å²) in [6, 6.07) is 13.6. The summed E-state index contributed by atoms with van der Waals surface area (Å²) in [5.74, 6) is -0.313. The number of oxazole rings is 1. The highest BCUT2D eigenvalue weighted by molar-refractivity contribution is 6.43. The monoisotopic (exact) mass is 461 g/mol. The zero-order valence-corrected chi connectivity index (χ0v) is 17.1. The highest BCUT2D eigenvalue weighted by atomic mass is 35.5. The van der Waals surface area contributed by atoms with Crippen molar-refractivity contribution in [3.63, 3.8) is 0 Å². The fourth-order valence-corrected chi connectivity index (χ4v) is 3.37. The van der Waals surface area contributed by atoms with Crippen LogP contribution in [-0.4, -0.2) is 15.8 Å². The molecule has 3 aromatic carbocycles. The molecule has 0 bridgehead atoms. The summed E-state index contributed by atoms with van der Waals surface area (Å²) < 4.78 is 5.73. The fourth-order valence-electron chi connectivity index (χ4n) is 2.79. The molecule has 1 N–H and O–H groups in total. The molecular formula is C20H10Cl3N3O4. The van der Waals surface area contributed by atoms with Crippen LogP contribution in [0.25, 0.3) is 22.6 Å². The van der Waals surface area contributed by atoms with E-state index in [1.54, 1.807) is 36.4 Å². The Kier molecular flexibility index (Phi) is 5.34. The number of nitrogens with zero attached hydrogens (tertiary/aromatic N) is 2. The molecule has 10 heteroatoms. The van der Waals surface area contributed by atoms with E-state index in [-0.39, 0.29) is 22.2 Å². The van der Waals surface area contributed by atoms with Gasteiger partial charge in [-0.1, -0.05) is 40.9 Å². The molecule has 4 rings (SSSR count). The lowest BCUT2D eigenvalue weighted by molar-refractivity contribution is -0.384. The van der Waals surface area contributed by atoms with E-state index in [1.165, 1.54) is 12.1 Å². The van der Waals surface area contributed by atoms with Gasteiger partial charge in [-0.3, -0.25) is 14.9 Å². The number of nitrogens with one attached hydrogen (secondary N) is 1. The van der Waals surface area contributed by atoms with Gasteiger partial charge in [0.05, 0.1) is 31.1 Å². The molecule has 0 fully saturated rings. The van der Waals surface area contributed by atoms with Crippen molar-refractivity contribution in [2.24, 2.45) is 0 Å². The number of aromatic nitrogens is 1. The Labute approximate surface area is 184 Å². The summed E-state index contributed by atoms with van der Waals surface area (Å²) in [6.45, 7) is 0. The summed E-state index contributed by atoms with van der Waals surface area (Å²) in [7, 11) is 0. The average Bonchev–Trinajstić information content (AvgIpc) is 3.13. The number of hydrogen-bond acceptors (Lipinski definition) is 5. The molecule has 1 heterocycles. The Bertz CT molecular complexity index is 1320. The van der Waals surface area contributed by atoms with Gasteiger partial charge in [0.25, 0.3) is 11.6 Å². The topological polar surface area (TPSA) is 98.3 Å². The minimum atomic E-state index is -0.600. The molecule has 30 heavy (non-hydrogen) atoms. The van der Waals surface area contributed by atoms with Crippen LogP contribution in [0, 0.1) is 10.1 Å². The Balaban J connectivity index is 1.65. The lowest BCUT2D eigenvalue weighted by Gasteiger charge is -2.06. The van der Waals surface area contributed by atoms with E-state index in [1.807, 2.05) is 0 Å². The first-order valence-electron chi connectivity index (χ1n) is 8.44. The maximum Gasteiger partial charge on any atom is 0.270 e. The summed E-state index contributed by atoms with van der Waals surface area (Å²) in [6.07, 6.45) is 0. The molecule has 0 aliphatic carbocycles. The highest BCUT2D eigenvalue weighted by Crippen LogP contribution is 2.35. The number of hydrogen-bond donors (Lipinski definition) is 1. The smallest absolute Gasteiger partial charge is 0.270 e. The van der Waals surface area contributed by atoms with Crippen molar-refractivity contribution in [3.05, 3.63) is 85.3 Å². The lowest BCUT2D eigenvalue weighted by Crippen LogP contribution is -2.12. The molecule has 0 saturated heterocycles. The molecule has 0 spiro atoms. The third-order valence-corrected chi connectivity index (χ3v) is 5.38. The molecule has 1 aromatic heterocycles. The van der Waals surface area contributed by atoms with E-state index in [2.05, 4.69) is 10.3 Å². The minimum Gasteiger partial charge on any atom is -0.436 e. The Morgan fingerprint density at radius 1 is 1.03 bits per heavy atom. The quantitative estimate of drug-likeness (QED) is 0.271. The van der Waals surface area contributed by atoms with Crippen LogP contribution in [0.4, 0.5) is 11.4 Å². The summed E-state index contributed by atoms with van der Waals surface area (Å²) in [4.78, 5) is 27.3. The van der Waals surface area contributed by atoms with Crippen LogP contribution in [0.5, 0.6) is 0 Å². The summed E-state index contributed by atoms with van der Waals surface area (Å²) in [5.41, 5.74) is 1.65. The number of rotatable bonds is 4. The van der Waals surface area contributed by atoms with Crippen molar-refractivity contribution >= 4 is 63.2 Å². The van der Waals surface area contributed by atoms with E-state index < -0.39 is 10.8 Å². The predicted octanol–water partition coefficient (Wildman–Crippen LogP) is 6.62. The van der Waals surface area contributed by atoms with Crippen molar-refractivity contribution in [1.29, 1.82) is 0 Å². The first kappa shape index (κ1) is 20.2. The maximum atomic E-state index is 12.6. The minimum absolute atomic E-state index is 0.0162. The van der Waals surface area contributed by atoms with Gasteiger partial charge in [0, 0.05) is 17.8 Å². The van der Waals surface area contributed by atoms with Crippen molar-refractivity contribution < 1.29 is 14.1 Å². The number of anilines is 1. The van der Waals surface area contributed by atoms with Gasteiger partial charge >= 0.3 is 0 Å². The number of carbonyl (C=O) groups is 1. The zero-order valence-electron chi connectivity index (χ0n) is 14.9. The number of nitro benzene ring substituents is 1. The Morgan fingerprint density at radius 2 is 1.83 bits per heavy atom. The number of halogens is 3. The van der Waals surface area contributed by atoms with Gasteiger partial charge in [0.1, 0.15) is 5.52 Å². The molecule has 7 nitrogen and oxygen atoms in total. The van der Waals surface area contributed by atoms with Crippen LogP contribution in [0.15, 0.2) is 59.0 Å². The van der Waals surface area contributed by atoms with E-state index in [0.717, 1.165) is 6.07 Å². The van der Waals surface area contributed by atoms with Crippen molar-refractivity contribution in [3.8, 4) is 11.5 Å². The van der Waals surface area contributed by atoms with Gasteiger partial charge < -0.3 is 9.73 Å². The predicted molar refractivity (Wildman–Crippen MR) is 116 cm³/mol. The molecular weight excluding hydrogens is 453 g/mol. The fraction of sp³-hybridized carbons (Fsp3) is 0. The second-order valence-electron chi connectivity index (χ2n) is 6.18. The summed E-state index contributed by atoms with van der Waals surface area (Å²) >= 11 is 18.3. The SMILES string of the molecule is O=C(Nc1ccc2oc(-c3cccc(Cl)c3Cl)nc2c1)c1cc([N+](=O)[O-])ccc1Cl. The maximum absolute atomic E-state index is 12.6. The molecule has 150 valence electrons. The summed E-state index contributed by atoms with van der Waals surface area (Å²) in [5, 5.41) is 14.4. The van der Waals surface area contributed by atoms with Crippen LogP contribution < -0.4 is 5.32 Å². The van der Waals surface area contributed by atoms with E-state index >= 15 is 0 Å². The Morgan fingerprint density at radius 3 is 2.60 bits per heavy atom. The molecule has 0 unspecified atom stereocenters. The van der Waals surface area contributed by atoms with Crippen molar-refractivity contribution in [1.82, 2.24) is 4.98 Å². The van der Waals surface area contributed by atoms with Crippen LogP contribution in [0.3, 0.4) is 0 Å². The zero-order chi connectivity index (χ0) is 21.4. The first-order valence-corrected chi connectivity index (χ1v) is 9.57. The second kappa shape index (κ2) is 7.95. The van der Waals surface area contributed by atoms with Gasteiger partial charge in [-0.05, 0) is 36.4 Å². The van der Waals surface area contributed by atoms with Crippen LogP contribution in [0.2, 0.25) is 15.1 Å². The first-order chi connectivity index (χ1) is 14.3. The third kappa shape index (κ3) is 3.82. The van der Waals surface area contributed by atoms with E-state index in [0.29, 0.717) is 32.4 Å². The van der Waals surface area contributed by atoms with E-state index in [9.17, 15) is 14.9 Å². The normalized spacial score (nSPS) is 10.9. The number of carbonyl (C=O) groups excluding carboxylic acids is 1. The lowest BCUT2D eigenvalue weighted by atomic mass is 10.2. The van der Waals surface area contributed by atoms with Gasteiger partial charge in [-0.25, -0.2) is 4.98 Å². The largest absolute Gasteiger partial charge is 0.436 e. The van der Waals surface area contributed by atoms with Gasteiger partial charge in [-0.2, -0.15) is 0 Å². The third-order valence-electron chi connectivity index (χ3n) is 4.23. The Hall–Kier alpha value is -3.13. The van der Waals surface area contributed by atoms with Crippen LogP contribution in [0.1, 0.15) is 10.4 Å². The number of fused-ring (bicyclic) bond motifs is 1. The number of benzene rings is 3. The average molecular weight is 463 g/mol. The van der Waals surface area contributed by atoms with Crippen LogP contribution >= 0.6 is 34.8 Å². The van der Waals surface area contributed by atoms with Gasteiger partial charge in [0.2, 0.25) is 5.89 Å². The molecule has 0 radical (unpaired) electrons.